The monoisotopic (exact) mass is 395 g/mol. The summed E-state index contributed by atoms with van der Waals surface area (Å²) >= 11 is 0. The average molecular weight is 396 g/mol. The number of hydrogen-bond acceptors (Lipinski definition) is 6. The summed E-state index contributed by atoms with van der Waals surface area (Å²) in [4.78, 5) is 26.2. The molecule has 2 aromatic rings. The van der Waals surface area contributed by atoms with E-state index in [1.807, 2.05) is 36.7 Å². The highest BCUT2D eigenvalue weighted by atomic mass is 16.5. The number of carbonyl (C=O) groups excluding carboxylic acids is 1. The summed E-state index contributed by atoms with van der Waals surface area (Å²) in [6.07, 6.45) is 7.97. The summed E-state index contributed by atoms with van der Waals surface area (Å²) in [5.74, 6) is 1.83. The second-order valence-electron chi connectivity index (χ2n) is 7.77. The Morgan fingerprint density at radius 1 is 1.10 bits per heavy atom. The van der Waals surface area contributed by atoms with Gasteiger partial charge >= 0.3 is 0 Å². The van der Waals surface area contributed by atoms with Gasteiger partial charge in [-0.15, -0.1) is 0 Å². The van der Waals surface area contributed by atoms with Crippen LogP contribution in [0, 0.1) is 5.92 Å². The lowest BCUT2D eigenvalue weighted by Crippen LogP contribution is -2.40. The van der Waals surface area contributed by atoms with Crippen LogP contribution in [-0.4, -0.2) is 49.2 Å². The molecule has 0 radical (unpaired) electrons. The van der Waals surface area contributed by atoms with E-state index in [0.29, 0.717) is 6.54 Å². The van der Waals surface area contributed by atoms with Gasteiger partial charge in [0.15, 0.2) is 0 Å². The first-order valence-electron chi connectivity index (χ1n) is 10.5. The lowest BCUT2D eigenvalue weighted by molar-refractivity contribution is -0.125. The molecular weight excluding hydrogens is 366 g/mol. The number of aromatic nitrogens is 2. The first kappa shape index (κ1) is 19.5. The second-order valence-corrected chi connectivity index (χ2v) is 7.77. The minimum Gasteiger partial charge on any atom is -0.497 e. The topological polar surface area (TPSA) is 70.6 Å². The number of rotatable bonds is 6. The molecule has 2 aliphatic heterocycles. The van der Waals surface area contributed by atoms with Crippen molar-refractivity contribution in [2.45, 2.75) is 32.2 Å². The van der Waals surface area contributed by atoms with Crippen LogP contribution in [0.25, 0.3) is 0 Å². The highest BCUT2D eigenvalue weighted by Crippen LogP contribution is 2.24. The molecule has 0 saturated carbocycles. The maximum Gasteiger partial charge on any atom is 0.225 e. The van der Waals surface area contributed by atoms with Crippen molar-refractivity contribution in [2.24, 2.45) is 5.92 Å². The molecule has 0 atom stereocenters. The molecule has 2 aliphatic rings. The van der Waals surface area contributed by atoms with E-state index in [-0.39, 0.29) is 11.8 Å². The van der Waals surface area contributed by atoms with Crippen molar-refractivity contribution < 1.29 is 9.53 Å². The fraction of sp³-hybridized carbons (Fsp3) is 0.500. The summed E-state index contributed by atoms with van der Waals surface area (Å²) in [6, 6.07) is 7.80. The Labute approximate surface area is 172 Å². The molecule has 2 saturated heterocycles. The zero-order valence-corrected chi connectivity index (χ0v) is 17.0. The maximum atomic E-state index is 12.6. The quantitative estimate of drug-likeness (QED) is 0.811. The van der Waals surface area contributed by atoms with E-state index in [2.05, 4.69) is 25.1 Å². The van der Waals surface area contributed by atoms with Crippen LogP contribution in [0.3, 0.4) is 0 Å². The van der Waals surface area contributed by atoms with Gasteiger partial charge in [0.25, 0.3) is 0 Å². The van der Waals surface area contributed by atoms with Gasteiger partial charge in [0.2, 0.25) is 11.9 Å². The Hall–Kier alpha value is -2.83. The molecule has 2 fully saturated rings. The number of nitrogens with one attached hydrogen (secondary N) is 1. The van der Waals surface area contributed by atoms with Crippen molar-refractivity contribution in [1.82, 2.24) is 15.3 Å². The summed E-state index contributed by atoms with van der Waals surface area (Å²) in [5.41, 5.74) is 2.09. The van der Waals surface area contributed by atoms with Crippen molar-refractivity contribution in [3.8, 4) is 5.75 Å². The Morgan fingerprint density at radius 3 is 2.52 bits per heavy atom. The predicted octanol–water partition coefficient (Wildman–Crippen LogP) is 2.62. The van der Waals surface area contributed by atoms with E-state index in [4.69, 9.17) is 4.74 Å². The Morgan fingerprint density at radius 2 is 1.83 bits per heavy atom. The molecule has 4 rings (SSSR count). The first-order valence-corrected chi connectivity index (χ1v) is 10.5. The third kappa shape index (κ3) is 4.78. The van der Waals surface area contributed by atoms with Gasteiger partial charge in [0.1, 0.15) is 5.75 Å². The van der Waals surface area contributed by atoms with E-state index in [0.717, 1.165) is 62.0 Å². The number of nitrogens with zero attached hydrogens (tertiary/aromatic N) is 4. The average Bonchev–Trinajstić information content (AvgIpc) is 3.33. The van der Waals surface area contributed by atoms with Gasteiger partial charge in [-0.2, -0.15) is 0 Å². The molecule has 1 aromatic heterocycles. The number of benzene rings is 1. The van der Waals surface area contributed by atoms with Gasteiger partial charge in [0.05, 0.1) is 25.2 Å². The molecule has 1 aromatic carbocycles. The smallest absolute Gasteiger partial charge is 0.225 e. The minimum atomic E-state index is 0.0571. The van der Waals surface area contributed by atoms with Crippen molar-refractivity contribution >= 4 is 17.5 Å². The highest BCUT2D eigenvalue weighted by molar-refractivity contribution is 5.79. The Kier molecular flexibility index (Phi) is 6.12. The molecule has 7 heteroatoms. The molecule has 1 N–H and O–H groups in total. The SMILES string of the molecule is COc1cccc(CNC(=O)C2CCN(c3cnc(N4CCCC4)nc3)CC2)c1. The molecule has 3 heterocycles. The highest BCUT2D eigenvalue weighted by Gasteiger charge is 2.25. The van der Waals surface area contributed by atoms with Crippen LogP contribution in [-0.2, 0) is 11.3 Å². The van der Waals surface area contributed by atoms with Gasteiger partial charge < -0.3 is 19.9 Å². The van der Waals surface area contributed by atoms with Crippen LogP contribution < -0.4 is 19.9 Å². The number of hydrogen-bond donors (Lipinski definition) is 1. The molecule has 0 bridgehead atoms. The minimum absolute atomic E-state index is 0.0571. The zero-order valence-electron chi connectivity index (χ0n) is 17.0. The third-order valence-electron chi connectivity index (χ3n) is 5.85. The Balaban J connectivity index is 1.25. The van der Waals surface area contributed by atoms with Gasteiger partial charge in [0, 0.05) is 38.6 Å². The number of piperidine rings is 1. The summed E-state index contributed by atoms with van der Waals surface area (Å²) < 4.78 is 5.24. The van der Waals surface area contributed by atoms with Gasteiger partial charge in [-0.3, -0.25) is 4.79 Å². The standard InChI is InChI=1S/C22H29N5O2/c1-29-20-6-4-5-17(13-20)14-23-21(28)18-7-11-26(12-8-18)19-15-24-22(25-16-19)27-9-2-3-10-27/h4-6,13,15-16,18H,2-3,7-12,14H2,1H3,(H,23,28). The van der Waals surface area contributed by atoms with Gasteiger partial charge in [-0.1, -0.05) is 12.1 Å². The maximum absolute atomic E-state index is 12.6. The Bertz CT molecular complexity index is 812. The van der Waals surface area contributed by atoms with Gasteiger partial charge in [-0.05, 0) is 43.4 Å². The van der Waals surface area contributed by atoms with Crippen LogP contribution >= 0.6 is 0 Å². The predicted molar refractivity (Wildman–Crippen MR) is 113 cm³/mol. The number of anilines is 2. The van der Waals surface area contributed by atoms with E-state index in [1.165, 1.54) is 12.8 Å². The number of ether oxygens (including phenoxy) is 1. The first-order chi connectivity index (χ1) is 14.2. The summed E-state index contributed by atoms with van der Waals surface area (Å²) in [5, 5.41) is 3.07. The summed E-state index contributed by atoms with van der Waals surface area (Å²) in [6.45, 7) is 4.33. The molecule has 0 spiro atoms. The molecule has 1 amide bonds. The van der Waals surface area contributed by atoms with Crippen molar-refractivity contribution in [1.29, 1.82) is 0 Å². The van der Waals surface area contributed by atoms with Crippen LogP contribution in [0.5, 0.6) is 5.75 Å². The lowest BCUT2D eigenvalue weighted by Gasteiger charge is -2.32. The van der Waals surface area contributed by atoms with E-state index < -0.39 is 0 Å². The van der Waals surface area contributed by atoms with Crippen LogP contribution in [0.4, 0.5) is 11.6 Å². The van der Waals surface area contributed by atoms with Crippen molar-refractivity contribution in [3.63, 3.8) is 0 Å². The van der Waals surface area contributed by atoms with Crippen LogP contribution in [0.2, 0.25) is 0 Å². The largest absolute Gasteiger partial charge is 0.497 e. The van der Waals surface area contributed by atoms with E-state index >= 15 is 0 Å². The fourth-order valence-corrected chi connectivity index (χ4v) is 4.07. The molecule has 0 unspecified atom stereocenters. The molecule has 7 nitrogen and oxygen atoms in total. The van der Waals surface area contributed by atoms with Crippen molar-refractivity contribution in [3.05, 3.63) is 42.2 Å². The zero-order chi connectivity index (χ0) is 20.1. The lowest BCUT2D eigenvalue weighted by atomic mass is 9.95. The van der Waals surface area contributed by atoms with Crippen LogP contribution in [0.1, 0.15) is 31.2 Å². The second kappa shape index (κ2) is 9.11. The third-order valence-corrected chi connectivity index (χ3v) is 5.85. The number of methoxy groups -OCH3 is 1. The fourth-order valence-electron chi connectivity index (χ4n) is 4.07. The van der Waals surface area contributed by atoms with E-state index in [1.54, 1.807) is 7.11 Å². The van der Waals surface area contributed by atoms with Crippen molar-refractivity contribution in [2.75, 3.05) is 43.1 Å². The number of amides is 1. The molecule has 154 valence electrons. The number of carbonyl (C=O) groups is 1. The van der Waals surface area contributed by atoms with Gasteiger partial charge in [-0.25, -0.2) is 9.97 Å². The van der Waals surface area contributed by atoms with Crippen LogP contribution in [0.15, 0.2) is 36.7 Å². The summed E-state index contributed by atoms with van der Waals surface area (Å²) in [7, 11) is 1.65. The normalized spacial score (nSPS) is 17.4. The molecule has 0 aliphatic carbocycles. The molecular formula is C22H29N5O2. The van der Waals surface area contributed by atoms with E-state index in [9.17, 15) is 4.79 Å². The molecule has 29 heavy (non-hydrogen) atoms.